The van der Waals surface area contributed by atoms with Crippen LogP contribution >= 0.6 is 0 Å². The van der Waals surface area contributed by atoms with Crippen molar-refractivity contribution in [3.8, 4) is 5.75 Å². The molecule has 1 saturated carbocycles. The summed E-state index contributed by atoms with van der Waals surface area (Å²) < 4.78 is 5.54. The van der Waals surface area contributed by atoms with Crippen LogP contribution in [0.2, 0.25) is 0 Å². The van der Waals surface area contributed by atoms with Crippen molar-refractivity contribution in [1.29, 1.82) is 0 Å². The van der Waals surface area contributed by atoms with Gasteiger partial charge in [-0.15, -0.1) is 0 Å². The van der Waals surface area contributed by atoms with Gasteiger partial charge in [0.2, 0.25) is 0 Å². The molecule has 1 fully saturated rings. The van der Waals surface area contributed by atoms with Crippen LogP contribution in [-0.4, -0.2) is 12.6 Å². The lowest BCUT2D eigenvalue weighted by atomic mass is 9.96. The Morgan fingerprint density at radius 1 is 1.11 bits per heavy atom. The predicted octanol–water partition coefficient (Wildman–Crippen LogP) is 4.92. The third kappa shape index (κ3) is 4.45. The summed E-state index contributed by atoms with van der Waals surface area (Å²) in [4.78, 5) is 0. The van der Waals surface area contributed by atoms with E-state index in [9.17, 15) is 0 Å². The molecule has 0 heterocycles. The number of aryl methyl sites for hydroxylation is 1. The topological polar surface area (TPSA) is 21.3 Å². The summed E-state index contributed by atoms with van der Waals surface area (Å²) >= 11 is 0. The van der Waals surface area contributed by atoms with Gasteiger partial charge in [0.05, 0.1) is 6.61 Å². The fourth-order valence-electron chi connectivity index (χ4n) is 2.87. The molecule has 0 unspecified atom stereocenters. The molecular weight excluding hydrogens is 234 g/mol. The van der Waals surface area contributed by atoms with E-state index in [0.29, 0.717) is 6.04 Å². The highest BCUT2D eigenvalue weighted by molar-refractivity contribution is 5.54. The Bertz CT molecular complexity index is 381. The van der Waals surface area contributed by atoms with Crippen LogP contribution in [0.1, 0.15) is 57.4 Å². The Morgan fingerprint density at radius 2 is 1.79 bits per heavy atom. The van der Waals surface area contributed by atoms with Crippen molar-refractivity contribution in [2.45, 2.75) is 64.8 Å². The van der Waals surface area contributed by atoms with Crippen LogP contribution in [0.25, 0.3) is 0 Å². The van der Waals surface area contributed by atoms with Crippen LogP contribution in [0.5, 0.6) is 5.75 Å². The number of nitrogens with one attached hydrogen (secondary N) is 1. The van der Waals surface area contributed by atoms with E-state index in [1.54, 1.807) is 0 Å². The molecule has 0 aromatic heterocycles. The van der Waals surface area contributed by atoms with E-state index in [0.717, 1.165) is 12.4 Å². The largest absolute Gasteiger partial charge is 0.494 e. The number of anilines is 1. The van der Waals surface area contributed by atoms with E-state index in [-0.39, 0.29) is 0 Å². The van der Waals surface area contributed by atoms with E-state index < -0.39 is 0 Å². The maximum absolute atomic E-state index is 5.54. The molecule has 1 aromatic rings. The Labute approximate surface area is 117 Å². The third-order valence-electron chi connectivity index (χ3n) is 3.97. The van der Waals surface area contributed by atoms with Gasteiger partial charge in [-0.05, 0) is 50.5 Å². The van der Waals surface area contributed by atoms with Gasteiger partial charge in [0.25, 0.3) is 0 Å². The zero-order valence-corrected chi connectivity index (χ0v) is 12.4. The van der Waals surface area contributed by atoms with Gasteiger partial charge in [0, 0.05) is 11.7 Å². The fourth-order valence-corrected chi connectivity index (χ4v) is 2.87. The highest BCUT2D eigenvalue weighted by Crippen LogP contribution is 2.25. The molecule has 0 radical (unpaired) electrons. The molecule has 19 heavy (non-hydrogen) atoms. The average molecular weight is 261 g/mol. The summed E-state index contributed by atoms with van der Waals surface area (Å²) in [5.41, 5.74) is 2.56. The molecular formula is C17H27NO. The van der Waals surface area contributed by atoms with Crippen LogP contribution in [0.4, 0.5) is 5.69 Å². The van der Waals surface area contributed by atoms with E-state index >= 15 is 0 Å². The Kier molecular flexibility index (Phi) is 5.56. The van der Waals surface area contributed by atoms with Crippen LogP contribution in [-0.2, 0) is 0 Å². The molecule has 2 heteroatoms. The SMILES string of the molecule is CCOc1ccc(NC2CCCCCCC2)c(C)c1. The van der Waals surface area contributed by atoms with Gasteiger partial charge in [0.1, 0.15) is 5.75 Å². The van der Waals surface area contributed by atoms with Gasteiger partial charge in [-0.1, -0.05) is 32.1 Å². The molecule has 106 valence electrons. The lowest BCUT2D eigenvalue weighted by Crippen LogP contribution is -2.21. The van der Waals surface area contributed by atoms with Crippen LogP contribution < -0.4 is 10.1 Å². The van der Waals surface area contributed by atoms with Crippen molar-refractivity contribution in [3.05, 3.63) is 23.8 Å². The molecule has 0 saturated heterocycles. The lowest BCUT2D eigenvalue weighted by molar-refractivity contribution is 0.340. The Morgan fingerprint density at radius 3 is 2.42 bits per heavy atom. The minimum absolute atomic E-state index is 0.650. The summed E-state index contributed by atoms with van der Waals surface area (Å²) in [6.07, 6.45) is 9.59. The monoisotopic (exact) mass is 261 g/mol. The second kappa shape index (κ2) is 7.42. The quantitative estimate of drug-likeness (QED) is 0.830. The van der Waals surface area contributed by atoms with Crippen molar-refractivity contribution < 1.29 is 4.74 Å². The second-order valence-corrected chi connectivity index (χ2v) is 5.60. The molecule has 0 spiro atoms. The first kappa shape index (κ1) is 14.2. The molecule has 0 bridgehead atoms. The van der Waals surface area contributed by atoms with Crippen molar-refractivity contribution in [3.63, 3.8) is 0 Å². The van der Waals surface area contributed by atoms with Gasteiger partial charge in [-0.3, -0.25) is 0 Å². The zero-order valence-electron chi connectivity index (χ0n) is 12.4. The summed E-state index contributed by atoms with van der Waals surface area (Å²) in [6.45, 7) is 4.92. The highest BCUT2D eigenvalue weighted by Gasteiger charge is 2.12. The first-order valence-corrected chi connectivity index (χ1v) is 7.79. The number of rotatable bonds is 4. The van der Waals surface area contributed by atoms with Crippen molar-refractivity contribution in [2.75, 3.05) is 11.9 Å². The first-order chi connectivity index (χ1) is 9.29. The lowest BCUT2D eigenvalue weighted by Gasteiger charge is -2.23. The molecule has 0 aliphatic heterocycles. The summed E-state index contributed by atoms with van der Waals surface area (Å²) in [6, 6.07) is 7.02. The fraction of sp³-hybridized carbons (Fsp3) is 0.647. The maximum atomic E-state index is 5.54. The zero-order chi connectivity index (χ0) is 13.5. The molecule has 1 aliphatic carbocycles. The number of hydrogen-bond acceptors (Lipinski definition) is 2. The highest BCUT2D eigenvalue weighted by atomic mass is 16.5. The van der Waals surface area contributed by atoms with Crippen molar-refractivity contribution >= 4 is 5.69 Å². The first-order valence-electron chi connectivity index (χ1n) is 7.79. The van der Waals surface area contributed by atoms with Crippen LogP contribution in [0.15, 0.2) is 18.2 Å². The van der Waals surface area contributed by atoms with Gasteiger partial charge in [0.15, 0.2) is 0 Å². The smallest absolute Gasteiger partial charge is 0.119 e. The molecule has 2 nitrogen and oxygen atoms in total. The van der Waals surface area contributed by atoms with E-state index in [2.05, 4.69) is 30.4 Å². The molecule has 1 aliphatic rings. The molecule has 1 aromatic carbocycles. The predicted molar refractivity (Wildman–Crippen MR) is 82.1 cm³/mol. The van der Waals surface area contributed by atoms with Crippen molar-refractivity contribution in [2.24, 2.45) is 0 Å². The molecule has 0 amide bonds. The minimum atomic E-state index is 0.650. The number of benzene rings is 1. The maximum Gasteiger partial charge on any atom is 0.119 e. The average Bonchev–Trinajstić information content (AvgIpc) is 2.35. The Hall–Kier alpha value is -1.18. The van der Waals surface area contributed by atoms with Gasteiger partial charge in [-0.2, -0.15) is 0 Å². The minimum Gasteiger partial charge on any atom is -0.494 e. The van der Waals surface area contributed by atoms with E-state index in [1.165, 1.54) is 56.2 Å². The standard InChI is InChI=1S/C17H27NO/c1-3-19-16-11-12-17(14(2)13-16)18-15-9-7-5-4-6-8-10-15/h11-13,15,18H,3-10H2,1-2H3. The molecule has 0 atom stereocenters. The summed E-state index contributed by atoms with van der Waals surface area (Å²) in [5.74, 6) is 0.975. The summed E-state index contributed by atoms with van der Waals surface area (Å²) in [5, 5.41) is 3.73. The number of hydrogen-bond donors (Lipinski definition) is 1. The second-order valence-electron chi connectivity index (χ2n) is 5.60. The van der Waals surface area contributed by atoms with Gasteiger partial charge in [-0.25, -0.2) is 0 Å². The van der Waals surface area contributed by atoms with Crippen molar-refractivity contribution in [1.82, 2.24) is 0 Å². The van der Waals surface area contributed by atoms with Gasteiger partial charge < -0.3 is 10.1 Å². The molecule has 2 rings (SSSR count). The van der Waals surface area contributed by atoms with Gasteiger partial charge >= 0.3 is 0 Å². The Balaban J connectivity index is 1.97. The van der Waals surface area contributed by atoms with Crippen LogP contribution in [0, 0.1) is 6.92 Å². The number of ether oxygens (including phenoxy) is 1. The van der Waals surface area contributed by atoms with E-state index in [4.69, 9.17) is 4.74 Å². The van der Waals surface area contributed by atoms with E-state index in [1.807, 2.05) is 6.92 Å². The normalized spacial score (nSPS) is 17.6. The van der Waals surface area contributed by atoms with Crippen LogP contribution in [0.3, 0.4) is 0 Å². The summed E-state index contributed by atoms with van der Waals surface area (Å²) in [7, 11) is 0. The third-order valence-corrected chi connectivity index (χ3v) is 3.97. The molecule has 1 N–H and O–H groups in total.